The molecule has 2 aromatic carbocycles. The number of para-hydroxylation sites is 1. The van der Waals surface area contributed by atoms with Crippen molar-refractivity contribution in [2.45, 2.75) is 31.6 Å². The van der Waals surface area contributed by atoms with Crippen molar-refractivity contribution in [2.24, 2.45) is 0 Å². The summed E-state index contributed by atoms with van der Waals surface area (Å²) < 4.78 is 27.7. The van der Waals surface area contributed by atoms with Crippen LogP contribution in [0, 0.1) is 6.92 Å². The number of sulfonamides is 1. The molecule has 2 N–H and O–H groups in total. The van der Waals surface area contributed by atoms with Crippen LogP contribution in [0.4, 0.5) is 5.69 Å². The molecule has 1 atom stereocenters. The van der Waals surface area contributed by atoms with Gasteiger partial charge in [0.05, 0.1) is 30.3 Å². The lowest BCUT2D eigenvalue weighted by molar-refractivity contribution is -0.119. The number of thioether (sulfide) groups is 1. The Morgan fingerprint density at radius 3 is 2.48 bits per heavy atom. The van der Waals surface area contributed by atoms with Gasteiger partial charge in [-0.15, -0.1) is 10.2 Å². The molecule has 0 aliphatic rings. The monoisotopic (exact) mass is 459 g/mol. The number of carbonyl (C=O) groups is 1. The molecule has 164 valence electrons. The first kappa shape index (κ1) is 22.8. The zero-order chi connectivity index (χ0) is 22.4. The Bertz CT molecular complexity index is 1150. The van der Waals surface area contributed by atoms with Crippen LogP contribution in [-0.2, 0) is 21.4 Å². The highest BCUT2D eigenvalue weighted by atomic mass is 32.2. The Labute approximate surface area is 186 Å². The lowest BCUT2D eigenvalue weighted by Gasteiger charge is -2.18. The molecule has 0 radical (unpaired) electrons. The van der Waals surface area contributed by atoms with E-state index in [-0.39, 0.29) is 17.7 Å². The molecule has 0 aliphatic carbocycles. The van der Waals surface area contributed by atoms with Crippen LogP contribution in [0.15, 0.2) is 59.8 Å². The zero-order valence-corrected chi connectivity index (χ0v) is 19.2. The molecule has 3 rings (SSSR count). The summed E-state index contributed by atoms with van der Waals surface area (Å²) in [6.07, 6.45) is 1.09. The van der Waals surface area contributed by atoms with Gasteiger partial charge in [-0.3, -0.25) is 9.52 Å². The maximum Gasteiger partial charge on any atom is 0.230 e. The largest absolute Gasteiger partial charge is 0.349 e. The topological polar surface area (TPSA) is 106 Å². The van der Waals surface area contributed by atoms with Crippen LogP contribution in [0.3, 0.4) is 0 Å². The van der Waals surface area contributed by atoms with Crippen LogP contribution >= 0.6 is 11.8 Å². The average molecular weight is 460 g/mol. The molecule has 1 heterocycles. The second-order valence-electron chi connectivity index (χ2n) is 7.14. The molecule has 0 fully saturated rings. The normalized spacial score (nSPS) is 12.4. The lowest BCUT2D eigenvalue weighted by atomic mass is 10.1. The van der Waals surface area contributed by atoms with Crippen LogP contribution in [0.5, 0.6) is 0 Å². The number of rotatable bonds is 9. The van der Waals surface area contributed by atoms with Gasteiger partial charge < -0.3 is 9.88 Å². The minimum absolute atomic E-state index is 0.166. The van der Waals surface area contributed by atoms with E-state index in [0.717, 1.165) is 17.6 Å². The van der Waals surface area contributed by atoms with E-state index >= 15 is 0 Å². The predicted molar refractivity (Wildman–Crippen MR) is 122 cm³/mol. The van der Waals surface area contributed by atoms with Gasteiger partial charge in [0.15, 0.2) is 5.16 Å². The lowest BCUT2D eigenvalue weighted by Crippen LogP contribution is -2.29. The van der Waals surface area contributed by atoms with Gasteiger partial charge in [0.25, 0.3) is 0 Å². The number of aromatic nitrogens is 3. The maximum absolute atomic E-state index is 12.5. The summed E-state index contributed by atoms with van der Waals surface area (Å²) in [7, 11) is -3.42. The minimum atomic E-state index is -3.42. The van der Waals surface area contributed by atoms with Crippen LogP contribution in [0.25, 0.3) is 0 Å². The number of amides is 1. The molecule has 1 unspecified atom stereocenters. The predicted octanol–water partition coefficient (Wildman–Crippen LogP) is 2.98. The SMILES string of the molecule is Cc1nnc(SCC(=O)NC(C)c2ccccc2NS(C)(=O)=O)n1Cc1ccccc1. The summed E-state index contributed by atoms with van der Waals surface area (Å²) in [6, 6.07) is 16.6. The van der Waals surface area contributed by atoms with E-state index in [1.165, 1.54) is 11.8 Å². The Kier molecular flexibility index (Phi) is 7.34. The number of aryl methyl sites for hydroxylation is 1. The molecule has 0 bridgehead atoms. The van der Waals surface area contributed by atoms with Gasteiger partial charge in [0, 0.05) is 0 Å². The molecular formula is C21H25N5O3S2. The summed E-state index contributed by atoms with van der Waals surface area (Å²) in [5.41, 5.74) is 2.26. The molecule has 10 heteroatoms. The molecule has 1 amide bonds. The molecule has 0 saturated heterocycles. The molecule has 0 spiro atoms. The number of hydrogen-bond acceptors (Lipinski definition) is 6. The fourth-order valence-electron chi connectivity index (χ4n) is 3.07. The van der Waals surface area contributed by atoms with E-state index in [1.807, 2.05) is 48.7 Å². The third kappa shape index (κ3) is 6.56. The third-order valence-corrected chi connectivity index (χ3v) is 6.08. The molecule has 8 nitrogen and oxygen atoms in total. The van der Waals surface area contributed by atoms with E-state index in [9.17, 15) is 13.2 Å². The molecule has 3 aromatic rings. The van der Waals surface area contributed by atoms with Crippen LogP contribution < -0.4 is 10.0 Å². The third-order valence-electron chi connectivity index (χ3n) is 4.52. The fraction of sp³-hybridized carbons (Fsp3) is 0.286. The number of hydrogen-bond donors (Lipinski definition) is 2. The number of carbonyl (C=O) groups excluding carboxylic acids is 1. The van der Waals surface area contributed by atoms with Crippen molar-refractivity contribution in [1.82, 2.24) is 20.1 Å². The quantitative estimate of drug-likeness (QED) is 0.477. The fourth-order valence-corrected chi connectivity index (χ4v) is 4.45. The smallest absolute Gasteiger partial charge is 0.230 e. The second kappa shape index (κ2) is 9.97. The Morgan fingerprint density at radius 2 is 1.77 bits per heavy atom. The Hall–Kier alpha value is -2.85. The summed E-state index contributed by atoms with van der Waals surface area (Å²) >= 11 is 1.31. The van der Waals surface area contributed by atoms with Crippen molar-refractivity contribution in [1.29, 1.82) is 0 Å². The van der Waals surface area contributed by atoms with Gasteiger partial charge in [-0.05, 0) is 31.0 Å². The molecule has 0 aliphatic heterocycles. The first-order chi connectivity index (χ1) is 14.7. The van der Waals surface area contributed by atoms with Crippen molar-refractivity contribution in [2.75, 3.05) is 16.7 Å². The highest BCUT2D eigenvalue weighted by Crippen LogP contribution is 2.24. The summed E-state index contributed by atoms with van der Waals surface area (Å²) in [5.74, 6) is 0.762. The summed E-state index contributed by atoms with van der Waals surface area (Å²) in [4.78, 5) is 12.5. The second-order valence-corrected chi connectivity index (χ2v) is 9.83. The van der Waals surface area contributed by atoms with Crippen molar-refractivity contribution < 1.29 is 13.2 Å². The number of nitrogens with one attached hydrogen (secondary N) is 2. The van der Waals surface area contributed by atoms with E-state index < -0.39 is 10.0 Å². The molecule has 31 heavy (non-hydrogen) atoms. The standard InChI is InChI=1S/C21H25N5O3S2/c1-15(18-11-7-8-12-19(18)25-31(3,28)29)22-20(27)14-30-21-24-23-16(2)26(21)13-17-9-5-4-6-10-17/h4-12,15,25H,13-14H2,1-3H3,(H,22,27). The van der Waals surface area contributed by atoms with Crippen molar-refractivity contribution in [3.05, 3.63) is 71.5 Å². The van der Waals surface area contributed by atoms with Crippen LogP contribution in [0.2, 0.25) is 0 Å². The Balaban J connectivity index is 1.63. The van der Waals surface area contributed by atoms with E-state index in [2.05, 4.69) is 20.2 Å². The van der Waals surface area contributed by atoms with Crippen molar-refractivity contribution >= 4 is 33.4 Å². The number of benzene rings is 2. The van der Waals surface area contributed by atoms with Gasteiger partial charge in [0.2, 0.25) is 15.9 Å². The van der Waals surface area contributed by atoms with Gasteiger partial charge >= 0.3 is 0 Å². The highest BCUT2D eigenvalue weighted by Gasteiger charge is 2.17. The Morgan fingerprint density at radius 1 is 1.10 bits per heavy atom. The zero-order valence-electron chi connectivity index (χ0n) is 17.6. The van der Waals surface area contributed by atoms with Gasteiger partial charge in [-0.2, -0.15) is 0 Å². The van der Waals surface area contributed by atoms with E-state index in [0.29, 0.717) is 23.0 Å². The highest BCUT2D eigenvalue weighted by molar-refractivity contribution is 7.99. The van der Waals surface area contributed by atoms with E-state index in [1.54, 1.807) is 24.3 Å². The minimum Gasteiger partial charge on any atom is -0.349 e. The molecule has 0 saturated carbocycles. The van der Waals surface area contributed by atoms with Gasteiger partial charge in [0.1, 0.15) is 5.82 Å². The van der Waals surface area contributed by atoms with Crippen molar-refractivity contribution in [3.63, 3.8) is 0 Å². The first-order valence-electron chi connectivity index (χ1n) is 9.65. The van der Waals surface area contributed by atoms with E-state index in [4.69, 9.17) is 0 Å². The van der Waals surface area contributed by atoms with Gasteiger partial charge in [-0.25, -0.2) is 8.42 Å². The van der Waals surface area contributed by atoms with Crippen LogP contribution in [0.1, 0.15) is 29.9 Å². The molecular weight excluding hydrogens is 434 g/mol. The number of nitrogens with zero attached hydrogens (tertiary/aromatic N) is 3. The molecule has 1 aromatic heterocycles. The van der Waals surface area contributed by atoms with Crippen molar-refractivity contribution in [3.8, 4) is 0 Å². The summed E-state index contributed by atoms with van der Waals surface area (Å²) in [6.45, 7) is 4.33. The summed E-state index contributed by atoms with van der Waals surface area (Å²) in [5, 5.41) is 11.9. The first-order valence-corrected chi connectivity index (χ1v) is 12.5. The van der Waals surface area contributed by atoms with Crippen LogP contribution in [-0.4, -0.2) is 41.1 Å². The maximum atomic E-state index is 12.5. The van der Waals surface area contributed by atoms with Gasteiger partial charge in [-0.1, -0.05) is 60.3 Å². The number of anilines is 1. The average Bonchev–Trinajstić information content (AvgIpc) is 3.06.